The van der Waals surface area contributed by atoms with Crippen molar-refractivity contribution in [1.29, 1.82) is 0 Å². The molecule has 0 spiro atoms. The van der Waals surface area contributed by atoms with Gasteiger partial charge in [-0.3, -0.25) is 4.79 Å². The molecule has 0 N–H and O–H groups in total. The van der Waals surface area contributed by atoms with Crippen molar-refractivity contribution in [2.45, 2.75) is 65.7 Å². The second-order valence-electron chi connectivity index (χ2n) is 5.46. The van der Waals surface area contributed by atoms with E-state index in [9.17, 15) is 4.79 Å². The summed E-state index contributed by atoms with van der Waals surface area (Å²) in [5.41, 5.74) is 0. The molecule has 0 aromatic heterocycles. The predicted octanol–water partition coefficient (Wildman–Crippen LogP) is 4.21. The molecule has 1 aliphatic rings. The standard InChI is InChI=1S/C14H26O/c1-4-14(15)10-7-12-5-8-13(9-6-12)11(2)3/h11-13H,4-10H2,1-3H3. The van der Waals surface area contributed by atoms with Crippen LogP contribution >= 0.6 is 0 Å². The van der Waals surface area contributed by atoms with Gasteiger partial charge in [-0.1, -0.05) is 33.6 Å². The van der Waals surface area contributed by atoms with Crippen molar-refractivity contribution < 1.29 is 4.79 Å². The van der Waals surface area contributed by atoms with E-state index in [1.54, 1.807) is 0 Å². The molecule has 0 bridgehead atoms. The number of ketones is 1. The van der Waals surface area contributed by atoms with Crippen LogP contribution in [0.25, 0.3) is 0 Å². The first-order valence-electron chi connectivity index (χ1n) is 6.65. The summed E-state index contributed by atoms with van der Waals surface area (Å²) in [4.78, 5) is 11.2. The molecule has 0 aliphatic heterocycles. The maximum atomic E-state index is 11.2. The van der Waals surface area contributed by atoms with Gasteiger partial charge in [-0.15, -0.1) is 0 Å². The first-order valence-corrected chi connectivity index (χ1v) is 6.65. The van der Waals surface area contributed by atoms with Crippen LogP contribution in [0.4, 0.5) is 0 Å². The molecule has 0 unspecified atom stereocenters. The number of hydrogen-bond acceptors (Lipinski definition) is 1. The molecule has 1 rings (SSSR count). The normalized spacial score (nSPS) is 26.9. The van der Waals surface area contributed by atoms with Crippen LogP contribution in [0.2, 0.25) is 0 Å². The summed E-state index contributed by atoms with van der Waals surface area (Å²) in [7, 11) is 0. The molecule has 1 nitrogen and oxygen atoms in total. The minimum atomic E-state index is 0.445. The van der Waals surface area contributed by atoms with E-state index in [2.05, 4.69) is 13.8 Å². The Kier molecular flexibility index (Phi) is 5.35. The Morgan fingerprint density at radius 2 is 1.80 bits per heavy atom. The lowest BCUT2D eigenvalue weighted by Crippen LogP contribution is -2.19. The minimum Gasteiger partial charge on any atom is -0.300 e. The third kappa shape index (κ3) is 4.36. The van der Waals surface area contributed by atoms with Crippen molar-refractivity contribution in [1.82, 2.24) is 0 Å². The zero-order chi connectivity index (χ0) is 11.3. The SMILES string of the molecule is CCC(=O)CCC1CCC(C(C)C)CC1. The van der Waals surface area contributed by atoms with Crippen LogP contribution in [0, 0.1) is 17.8 Å². The highest BCUT2D eigenvalue weighted by atomic mass is 16.1. The molecule has 15 heavy (non-hydrogen) atoms. The highest BCUT2D eigenvalue weighted by Crippen LogP contribution is 2.35. The lowest BCUT2D eigenvalue weighted by molar-refractivity contribution is -0.119. The summed E-state index contributed by atoms with van der Waals surface area (Å²) in [6.45, 7) is 6.65. The minimum absolute atomic E-state index is 0.445. The number of rotatable bonds is 5. The largest absolute Gasteiger partial charge is 0.300 e. The fourth-order valence-corrected chi connectivity index (χ4v) is 2.69. The van der Waals surface area contributed by atoms with Gasteiger partial charge in [0, 0.05) is 12.8 Å². The summed E-state index contributed by atoms with van der Waals surface area (Å²) in [5, 5.41) is 0. The molecule has 0 radical (unpaired) electrons. The lowest BCUT2D eigenvalue weighted by atomic mass is 9.75. The molecule has 88 valence electrons. The van der Waals surface area contributed by atoms with Crippen molar-refractivity contribution >= 4 is 5.78 Å². The van der Waals surface area contributed by atoms with Crippen molar-refractivity contribution in [3.8, 4) is 0 Å². The van der Waals surface area contributed by atoms with Crippen molar-refractivity contribution in [2.24, 2.45) is 17.8 Å². The van der Waals surface area contributed by atoms with Crippen molar-refractivity contribution in [3.63, 3.8) is 0 Å². The van der Waals surface area contributed by atoms with Gasteiger partial charge in [0.05, 0.1) is 0 Å². The van der Waals surface area contributed by atoms with Gasteiger partial charge in [0.15, 0.2) is 0 Å². The van der Waals surface area contributed by atoms with Crippen molar-refractivity contribution in [3.05, 3.63) is 0 Å². The predicted molar refractivity (Wildman–Crippen MR) is 64.8 cm³/mol. The molecule has 1 heteroatoms. The summed E-state index contributed by atoms with van der Waals surface area (Å²) in [6, 6.07) is 0. The summed E-state index contributed by atoms with van der Waals surface area (Å²) < 4.78 is 0. The Hall–Kier alpha value is -0.330. The Morgan fingerprint density at radius 3 is 2.27 bits per heavy atom. The van der Waals surface area contributed by atoms with Crippen LogP contribution in [0.5, 0.6) is 0 Å². The maximum Gasteiger partial charge on any atom is 0.132 e. The third-order valence-electron chi connectivity index (χ3n) is 4.06. The van der Waals surface area contributed by atoms with Gasteiger partial charge in [-0.2, -0.15) is 0 Å². The van der Waals surface area contributed by atoms with E-state index < -0.39 is 0 Å². The number of carbonyl (C=O) groups excluding carboxylic acids is 1. The molecule has 1 saturated carbocycles. The van der Waals surface area contributed by atoms with Gasteiger partial charge in [-0.25, -0.2) is 0 Å². The Bertz CT molecular complexity index is 188. The number of Topliss-reactive ketones (excluding diaryl/α,β-unsaturated/α-hetero) is 1. The summed E-state index contributed by atoms with van der Waals surface area (Å²) in [6.07, 6.45) is 8.21. The van der Waals surface area contributed by atoms with E-state index in [1.807, 2.05) is 6.92 Å². The zero-order valence-corrected chi connectivity index (χ0v) is 10.6. The van der Waals surface area contributed by atoms with Crippen LogP contribution < -0.4 is 0 Å². The van der Waals surface area contributed by atoms with Gasteiger partial charge in [0.25, 0.3) is 0 Å². The molecule has 0 heterocycles. The molecular formula is C14H26O. The van der Waals surface area contributed by atoms with Gasteiger partial charge in [-0.05, 0) is 37.0 Å². The maximum absolute atomic E-state index is 11.2. The first kappa shape index (κ1) is 12.7. The van der Waals surface area contributed by atoms with E-state index in [0.717, 1.165) is 37.0 Å². The molecule has 0 saturated heterocycles. The van der Waals surface area contributed by atoms with E-state index in [1.165, 1.54) is 25.7 Å². The fraction of sp³-hybridized carbons (Fsp3) is 0.929. The number of hydrogen-bond donors (Lipinski definition) is 0. The smallest absolute Gasteiger partial charge is 0.132 e. The Morgan fingerprint density at radius 1 is 1.20 bits per heavy atom. The van der Waals surface area contributed by atoms with E-state index in [-0.39, 0.29) is 0 Å². The monoisotopic (exact) mass is 210 g/mol. The highest BCUT2D eigenvalue weighted by Gasteiger charge is 2.23. The topological polar surface area (TPSA) is 17.1 Å². The zero-order valence-electron chi connectivity index (χ0n) is 10.6. The fourth-order valence-electron chi connectivity index (χ4n) is 2.69. The van der Waals surface area contributed by atoms with Crippen LogP contribution in [-0.2, 0) is 4.79 Å². The van der Waals surface area contributed by atoms with E-state index in [4.69, 9.17) is 0 Å². The summed E-state index contributed by atoms with van der Waals surface area (Å²) >= 11 is 0. The molecule has 1 fully saturated rings. The molecular weight excluding hydrogens is 184 g/mol. The second kappa shape index (κ2) is 6.30. The Labute approximate surface area is 94.6 Å². The van der Waals surface area contributed by atoms with Gasteiger partial charge in [0.1, 0.15) is 5.78 Å². The lowest BCUT2D eigenvalue weighted by Gasteiger charge is -2.30. The molecule has 1 aliphatic carbocycles. The van der Waals surface area contributed by atoms with E-state index >= 15 is 0 Å². The van der Waals surface area contributed by atoms with Crippen LogP contribution in [0.15, 0.2) is 0 Å². The second-order valence-corrected chi connectivity index (χ2v) is 5.46. The molecule has 0 amide bonds. The average Bonchev–Trinajstić information content (AvgIpc) is 2.26. The van der Waals surface area contributed by atoms with Gasteiger partial charge >= 0.3 is 0 Å². The molecule has 0 aromatic carbocycles. The van der Waals surface area contributed by atoms with Crippen LogP contribution in [-0.4, -0.2) is 5.78 Å². The third-order valence-corrected chi connectivity index (χ3v) is 4.06. The summed E-state index contributed by atoms with van der Waals surface area (Å²) in [5.74, 6) is 3.09. The Balaban J connectivity index is 2.17. The molecule has 0 aromatic rings. The average molecular weight is 210 g/mol. The van der Waals surface area contributed by atoms with Gasteiger partial charge < -0.3 is 0 Å². The quantitative estimate of drug-likeness (QED) is 0.664. The van der Waals surface area contributed by atoms with Crippen LogP contribution in [0.3, 0.4) is 0 Å². The van der Waals surface area contributed by atoms with Crippen molar-refractivity contribution in [2.75, 3.05) is 0 Å². The van der Waals surface area contributed by atoms with E-state index in [0.29, 0.717) is 5.78 Å². The first-order chi connectivity index (χ1) is 7.13. The van der Waals surface area contributed by atoms with Gasteiger partial charge in [0.2, 0.25) is 0 Å². The highest BCUT2D eigenvalue weighted by molar-refractivity contribution is 5.77. The molecule has 0 atom stereocenters. The number of carbonyl (C=O) groups is 1. The van der Waals surface area contributed by atoms with Crippen LogP contribution in [0.1, 0.15) is 65.7 Å².